The minimum Gasteiger partial charge on any atom is -0.507 e. The number of phenols is 1. The van der Waals surface area contributed by atoms with Gasteiger partial charge < -0.3 is 10.1 Å². The normalized spacial score (nSPS) is 10.3. The van der Waals surface area contributed by atoms with Gasteiger partial charge in [0.05, 0.1) is 5.69 Å². The van der Waals surface area contributed by atoms with Gasteiger partial charge in [0, 0.05) is 15.6 Å². The second-order valence-corrected chi connectivity index (χ2v) is 5.76. The summed E-state index contributed by atoms with van der Waals surface area (Å²) in [6.07, 6.45) is 0. The minimum absolute atomic E-state index is 0.0380. The van der Waals surface area contributed by atoms with Crippen LogP contribution in [0.5, 0.6) is 5.75 Å². The predicted molar refractivity (Wildman–Crippen MR) is 92.0 cm³/mol. The van der Waals surface area contributed by atoms with Crippen LogP contribution in [0.2, 0.25) is 0 Å². The zero-order valence-electron chi connectivity index (χ0n) is 11.9. The number of nitrogens with one attached hydrogen (secondary N) is 1. The Labute approximate surface area is 140 Å². The Balaban J connectivity index is 2.33. The molecule has 0 aliphatic carbocycles. The minimum atomic E-state index is -0.487. The number of benzene rings is 2. The molecule has 3 aromatic rings. The van der Waals surface area contributed by atoms with Crippen LogP contribution in [0.1, 0.15) is 5.56 Å². The lowest BCUT2D eigenvalue weighted by atomic mass is 9.99. The maximum absolute atomic E-state index is 12.3. The van der Waals surface area contributed by atoms with Crippen molar-refractivity contribution in [2.75, 3.05) is 0 Å². The molecular formula is C18H11BrN2O2. The summed E-state index contributed by atoms with van der Waals surface area (Å²) in [6.45, 7) is 0. The van der Waals surface area contributed by atoms with E-state index in [2.05, 4.69) is 20.9 Å². The highest BCUT2D eigenvalue weighted by atomic mass is 79.9. The first kappa shape index (κ1) is 15.1. The van der Waals surface area contributed by atoms with Crippen LogP contribution in [-0.2, 0) is 0 Å². The van der Waals surface area contributed by atoms with Gasteiger partial charge in [0.2, 0.25) is 0 Å². The number of aromatic hydroxyl groups is 1. The van der Waals surface area contributed by atoms with Crippen molar-refractivity contribution in [3.05, 3.63) is 75.0 Å². The number of para-hydroxylation sites is 1. The van der Waals surface area contributed by atoms with Crippen molar-refractivity contribution in [1.29, 1.82) is 5.26 Å². The van der Waals surface area contributed by atoms with E-state index in [-0.39, 0.29) is 11.3 Å². The Morgan fingerprint density at radius 1 is 1.00 bits per heavy atom. The molecule has 4 nitrogen and oxygen atoms in total. The number of aromatic nitrogens is 1. The average molecular weight is 367 g/mol. The van der Waals surface area contributed by atoms with Crippen LogP contribution >= 0.6 is 15.9 Å². The second-order valence-electron chi connectivity index (χ2n) is 4.91. The number of hydrogen-bond donors (Lipinski definition) is 2. The molecule has 0 saturated carbocycles. The smallest absolute Gasteiger partial charge is 0.266 e. The van der Waals surface area contributed by atoms with Gasteiger partial charge >= 0.3 is 0 Å². The number of nitriles is 1. The van der Waals surface area contributed by atoms with Crippen molar-refractivity contribution in [3.63, 3.8) is 0 Å². The van der Waals surface area contributed by atoms with E-state index in [1.165, 1.54) is 0 Å². The molecule has 0 spiro atoms. The van der Waals surface area contributed by atoms with E-state index in [4.69, 9.17) is 0 Å². The number of phenolic OH excluding ortho intramolecular Hbond substituents is 1. The summed E-state index contributed by atoms with van der Waals surface area (Å²) in [7, 11) is 0. The van der Waals surface area contributed by atoms with E-state index in [1.54, 1.807) is 30.3 Å². The van der Waals surface area contributed by atoms with Gasteiger partial charge in [-0.3, -0.25) is 4.79 Å². The van der Waals surface area contributed by atoms with Crippen molar-refractivity contribution in [1.82, 2.24) is 4.98 Å². The van der Waals surface area contributed by atoms with E-state index in [9.17, 15) is 15.2 Å². The SMILES string of the molecule is N#Cc1c(-c2ccccc2Br)cc(-c2ccccc2O)[nH]c1=O. The summed E-state index contributed by atoms with van der Waals surface area (Å²) in [6, 6.07) is 17.7. The fraction of sp³-hybridized carbons (Fsp3) is 0. The standard InChI is InChI=1S/C18H11BrN2O2/c19-15-7-3-1-5-11(15)13-9-16(21-18(23)14(13)10-20)12-6-2-4-8-17(12)22/h1-9,22H,(H,21,23). The van der Waals surface area contributed by atoms with E-state index < -0.39 is 5.56 Å². The van der Waals surface area contributed by atoms with Gasteiger partial charge in [0.1, 0.15) is 17.4 Å². The van der Waals surface area contributed by atoms with E-state index in [0.29, 0.717) is 16.8 Å². The maximum Gasteiger partial charge on any atom is 0.266 e. The van der Waals surface area contributed by atoms with Gasteiger partial charge in [-0.05, 0) is 29.8 Å². The van der Waals surface area contributed by atoms with Gasteiger partial charge in [-0.15, -0.1) is 0 Å². The van der Waals surface area contributed by atoms with Gasteiger partial charge in [0.15, 0.2) is 0 Å². The molecule has 112 valence electrons. The van der Waals surface area contributed by atoms with Gasteiger partial charge in [-0.2, -0.15) is 5.26 Å². The zero-order chi connectivity index (χ0) is 16.4. The van der Waals surface area contributed by atoms with Crippen LogP contribution in [-0.4, -0.2) is 10.1 Å². The number of hydrogen-bond acceptors (Lipinski definition) is 3. The quantitative estimate of drug-likeness (QED) is 0.718. The number of nitrogens with zero attached hydrogens (tertiary/aromatic N) is 1. The Morgan fingerprint density at radius 3 is 2.30 bits per heavy atom. The molecule has 0 amide bonds. The molecule has 3 rings (SSSR count). The van der Waals surface area contributed by atoms with Crippen molar-refractivity contribution in [2.45, 2.75) is 0 Å². The van der Waals surface area contributed by atoms with Crippen molar-refractivity contribution < 1.29 is 5.11 Å². The topological polar surface area (TPSA) is 76.9 Å². The van der Waals surface area contributed by atoms with E-state index in [0.717, 1.165) is 10.0 Å². The van der Waals surface area contributed by atoms with Crippen LogP contribution in [0.25, 0.3) is 22.4 Å². The predicted octanol–water partition coefficient (Wildman–Crippen LogP) is 4.05. The van der Waals surface area contributed by atoms with Crippen LogP contribution in [0.4, 0.5) is 0 Å². The third-order valence-electron chi connectivity index (χ3n) is 3.50. The van der Waals surface area contributed by atoms with Crippen LogP contribution in [0.15, 0.2) is 63.9 Å². The molecule has 1 aromatic heterocycles. The lowest BCUT2D eigenvalue weighted by molar-refractivity contribution is 0.477. The Hall–Kier alpha value is -2.84. The molecule has 0 bridgehead atoms. The summed E-state index contributed by atoms with van der Waals surface area (Å²) in [5.74, 6) is 0.0611. The molecule has 2 N–H and O–H groups in total. The zero-order valence-corrected chi connectivity index (χ0v) is 13.5. The molecule has 0 fully saturated rings. The van der Waals surface area contributed by atoms with Crippen molar-refractivity contribution in [2.24, 2.45) is 0 Å². The molecule has 0 aliphatic rings. The fourth-order valence-corrected chi connectivity index (χ4v) is 2.91. The summed E-state index contributed by atoms with van der Waals surface area (Å²) in [5, 5.41) is 19.3. The van der Waals surface area contributed by atoms with Crippen molar-refractivity contribution in [3.8, 4) is 34.2 Å². The van der Waals surface area contributed by atoms with Gasteiger partial charge in [-0.1, -0.05) is 46.3 Å². The molecule has 0 atom stereocenters. The van der Waals surface area contributed by atoms with E-state index >= 15 is 0 Å². The number of pyridine rings is 1. The average Bonchev–Trinajstić information content (AvgIpc) is 2.55. The largest absolute Gasteiger partial charge is 0.507 e. The van der Waals surface area contributed by atoms with Crippen LogP contribution < -0.4 is 5.56 Å². The first-order chi connectivity index (χ1) is 11.1. The van der Waals surface area contributed by atoms with Gasteiger partial charge in [-0.25, -0.2) is 0 Å². The first-order valence-corrected chi connectivity index (χ1v) is 7.62. The highest BCUT2D eigenvalue weighted by molar-refractivity contribution is 9.10. The Morgan fingerprint density at radius 2 is 1.65 bits per heavy atom. The van der Waals surface area contributed by atoms with Crippen LogP contribution in [0.3, 0.4) is 0 Å². The molecule has 0 saturated heterocycles. The molecule has 5 heteroatoms. The monoisotopic (exact) mass is 366 g/mol. The third kappa shape index (κ3) is 2.77. The van der Waals surface area contributed by atoms with Crippen LogP contribution in [0, 0.1) is 11.3 Å². The fourth-order valence-electron chi connectivity index (χ4n) is 2.41. The maximum atomic E-state index is 12.3. The number of halogens is 1. The second kappa shape index (κ2) is 6.11. The summed E-state index contributed by atoms with van der Waals surface area (Å²) in [5.41, 5.74) is 1.77. The highest BCUT2D eigenvalue weighted by Gasteiger charge is 2.15. The molecule has 2 aromatic carbocycles. The number of aromatic amines is 1. The lowest BCUT2D eigenvalue weighted by Crippen LogP contribution is -2.12. The summed E-state index contributed by atoms with van der Waals surface area (Å²) < 4.78 is 0.783. The Bertz CT molecular complexity index is 987. The number of rotatable bonds is 2. The summed E-state index contributed by atoms with van der Waals surface area (Å²) >= 11 is 3.45. The molecule has 1 heterocycles. The van der Waals surface area contributed by atoms with Gasteiger partial charge in [0.25, 0.3) is 5.56 Å². The molecule has 0 radical (unpaired) electrons. The molecule has 0 aliphatic heterocycles. The van der Waals surface area contributed by atoms with Crippen molar-refractivity contribution >= 4 is 15.9 Å². The molecule has 23 heavy (non-hydrogen) atoms. The Kier molecular flexibility index (Phi) is 4.00. The first-order valence-electron chi connectivity index (χ1n) is 6.82. The highest BCUT2D eigenvalue weighted by Crippen LogP contribution is 2.33. The summed E-state index contributed by atoms with van der Waals surface area (Å²) in [4.78, 5) is 14.9. The lowest BCUT2D eigenvalue weighted by Gasteiger charge is -2.10. The number of H-pyrrole nitrogens is 1. The molecule has 0 unspecified atom stereocenters. The van der Waals surface area contributed by atoms with E-state index in [1.807, 2.05) is 30.3 Å². The third-order valence-corrected chi connectivity index (χ3v) is 4.19. The molecular weight excluding hydrogens is 356 g/mol.